The molecule has 0 atom stereocenters. The Morgan fingerprint density at radius 3 is 2.69 bits per heavy atom. The van der Waals surface area contributed by atoms with Crippen molar-refractivity contribution in [2.75, 3.05) is 11.9 Å². The van der Waals surface area contributed by atoms with E-state index in [4.69, 9.17) is 0 Å². The van der Waals surface area contributed by atoms with Crippen LogP contribution in [0.4, 0.5) is 24.2 Å². The maximum Gasteiger partial charge on any atom is 0.280 e. The van der Waals surface area contributed by atoms with Crippen molar-refractivity contribution in [3.05, 3.63) is 58.6 Å². The Kier molecular flexibility index (Phi) is 7.59. The maximum absolute atomic E-state index is 13.9. The van der Waals surface area contributed by atoms with Crippen LogP contribution < -0.4 is 10.6 Å². The molecule has 4 aromatic heterocycles. The van der Waals surface area contributed by atoms with Crippen molar-refractivity contribution in [3.63, 3.8) is 0 Å². The first-order chi connectivity index (χ1) is 16.6. The van der Waals surface area contributed by atoms with Gasteiger partial charge in [0.15, 0.2) is 23.8 Å². The first-order valence-electron chi connectivity index (χ1n) is 10.4. The average molecular weight is 568 g/mol. The Balaban J connectivity index is 1.86. The summed E-state index contributed by atoms with van der Waals surface area (Å²) in [5.74, 6) is 0.389. The van der Waals surface area contributed by atoms with E-state index in [0.29, 0.717) is 40.1 Å². The number of pyridine rings is 2. The smallest absolute Gasteiger partial charge is 0.280 e. The average Bonchev–Trinajstić information content (AvgIpc) is 3.16. The molecule has 8 nitrogen and oxygen atoms in total. The highest BCUT2D eigenvalue weighted by Gasteiger charge is 2.21. The first-order valence-corrected chi connectivity index (χ1v) is 11.9. The van der Waals surface area contributed by atoms with E-state index in [-0.39, 0.29) is 29.5 Å². The molecule has 0 amide bonds. The minimum atomic E-state index is -2.76. The number of nitrogens with one attached hydrogen (secondary N) is 2. The third-order valence-corrected chi connectivity index (χ3v) is 5.71. The first kappa shape index (κ1) is 25.4. The Morgan fingerprint density at radius 1 is 1.20 bits per heavy atom. The largest absolute Gasteiger partial charge is 0.389 e. The van der Waals surface area contributed by atoms with Crippen LogP contribution in [0.1, 0.15) is 31.5 Å². The van der Waals surface area contributed by atoms with E-state index in [2.05, 4.69) is 46.5 Å². The molecular formula is C22H21BrF3N7OS. The molecule has 4 rings (SSSR count). The zero-order valence-electron chi connectivity index (χ0n) is 18.6. The SMILES string of the molecule is CC(C)(O)CNCc1cn(SF)c2nc(-c3cccc(C(F)F)n3)nc(Nc3ccnc(Br)c3)c12. The number of rotatable bonds is 9. The number of nitrogens with zero attached hydrogens (tertiary/aromatic N) is 5. The highest BCUT2D eigenvalue weighted by molar-refractivity contribution is 9.10. The van der Waals surface area contributed by atoms with Gasteiger partial charge < -0.3 is 15.7 Å². The van der Waals surface area contributed by atoms with Crippen LogP contribution in [0.3, 0.4) is 0 Å². The minimum absolute atomic E-state index is 0.0489. The lowest BCUT2D eigenvalue weighted by molar-refractivity contribution is 0.0795. The minimum Gasteiger partial charge on any atom is -0.389 e. The lowest BCUT2D eigenvalue weighted by Crippen LogP contribution is -2.34. The Morgan fingerprint density at radius 2 is 2.00 bits per heavy atom. The molecule has 0 spiro atoms. The Labute approximate surface area is 212 Å². The van der Waals surface area contributed by atoms with Crippen molar-refractivity contribution in [1.82, 2.24) is 29.2 Å². The van der Waals surface area contributed by atoms with Crippen LogP contribution in [0.5, 0.6) is 0 Å². The van der Waals surface area contributed by atoms with Gasteiger partial charge in [-0.1, -0.05) is 6.07 Å². The molecule has 0 unspecified atom stereocenters. The summed E-state index contributed by atoms with van der Waals surface area (Å²) in [6.07, 6.45) is 0.402. The molecule has 0 saturated carbocycles. The van der Waals surface area contributed by atoms with E-state index in [1.165, 1.54) is 22.2 Å². The highest BCUT2D eigenvalue weighted by atomic mass is 79.9. The number of hydrogen-bond donors (Lipinski definition) is 3. The summed E-state index contributed by atoms with van der Waals surface area (Å²) < 4.78 is 42.2. The molecule has 0 bridgehead atoms. The van der Waals surface area contributed by atoms with Crippen LogP contribution in [0.2, 0.25) is 0 Å². The molecule has 0 fully saturated rings. The summed E-state index contributed by atoms with van der Waals surface area (Å²) in [5.41, 5.74) is 0.326. The molecule has 3 N–H and O–H groups in total. The molecule has 184 valence electrons. The normalized spacial score (nSPS) is 12.0. The molecule has 0 radical (unpaired) electrons. The van der Waals surface area contributed by atoms with Gasteiger partial charge in [-0.15, -0.1) is 3.89 Å². The van der Waals surface area contributed by atoms with E-state index in [9.17, 15) is 17.8 Å². The highest BCUT2D eigenvalue weighted by Crippen LogP contribution is 2.34. The van der Waals surface area contributed by atoms with Crippen molar-refractivity contribution in [2.24, 2.45) is 0 Å². The fourth-order valence-electron chi connectivity index (χ4n) is 3.38. The predicted octanol–water partition coefficient (Wildman–Crippen LogP) is 5.57. The fraction of sp³-hybridized carbons (Fsp3) is 0.273. The molecule has 4 heterocycles. The molecular weight excluding hydrogens is 547 g/mol. The summed E-state index contributed by atoms with van der Waals surface area (Å²) in [7, 11) is 0. The number of aliphatic hydroxyl groups is 1. The molecule has 13 heteroatoms. The fourth-order valence-corrected chi connectivity index (χ4v) is 4.11. The third-order valence-electron chi connectivity index (χ3n) is 4.85. The second kappa shape index (κ2) is 10.5. The van der Waals surface area contributed by atoms with Gasteiger partial charge in [0.1, 0.15) is 21.8 Å². The molecule has 0 aromatic carbocycles. The molecule has 0 aliphatic carbocycles. The van der Waals surface area contributed by atoms with Crippen molar-refractivity contribution in [1.29, 1.82) is 0 Å². The number of hydrogen-bond acceptors (Lipinski definition) is 8. The van der Waals surface area contributed by atoms with E-state index in [1.54, 1.807) is 38.4 Å². The zero-order chi connectivity index (χ0) is 25.2. The number of halogens is 4. The topological polar surface area (TPSA) is 101 Å². The van der Waals surface area contributed by atoms with Crippen molar-refractivity contribution >= 4 is 50.8 Å². The van der Waals surface area contributed by atoms with Crippen molar-refractivity contribution < 1.29 is 17.8 Å². The standard InChI is InChI=1S/C22H21BrF3N7OS/c1-22(2,34)11-27-9-12-10-33(35-26)21-17(12)20(29-13-6-7-28-16(23)8-13)31-19(32-21)15-5-3-4-14(30-15)18(24)25/h3-8,10,18,27,34H,9,11H2,1-2H3,(H,28,29,31,32). The lowest BCUT2D eigenvalue weighted by atomic mass is 10.1. The van der Waals surface area contributed by atoms with Gasteiger partial charge in [0, 0.05) is 31.2 Å². The number of anilines is 2. The van der Waals surface area contributed by atoms with E-state index >= 15 is 0 Å². The van der Waals surface area contributed by atoms with Gasteiger partial charge >= 0.3 is 0 Å². The number of alkyl halides is 2. The zero-order valence-corrected chi connectivity index (χ0v) is 21.0. The van der Waals surface area contributed by atoms with Gasteiger partial charge in [-0.3, -0.25) is 0 Å². The van der Waals surface area contributed by atoms with Crippen LogP contribution in [0.25, 0.3) is 22.6 Å². The Bertz CT molecular complexity index is 1350. The Hall–Kier alpha value is -2.74. The lowest BCUT2D eigenvalue weighted by Gasteiger charge is -2.17. The van der Waals surface area contributed by atoms with Gasteiger partial charge in [0.05, 0.1) is 11.0 Å². The number of aromatic nitrogens is 5. The van der Waals surface area contributed by atoms with E-state index in [1.807, 2.05) is 0 Å². The summed E-state index contributed by atoms with van der Waals surface area (Å²) in [6.45, 7) is 3.94. The molecule has 0 saturated heterocycles. The van der Waals surface area contributed by atoms with Crippen LogP contribution in [-0.2, 0) is 6.54 Å². The summed E-state index contributed by atoms with van der Waals surface area (Å²) in [5, 5.41) is 16.9. The van der Waals surface area contributed by atoms with Crippen LogP contribution >= 0.6 is 28.3 Å². The summed E-state index contributed by atoms with van der Waals surface area (Å²) in [6, 6.07) is 7.63. The summed E-state index contributed by atoms with van der Waals surface area (Å²) >= 11 is 3.28. The monoisotopic (exact) mass is 567 g/mol. The maximum atomic E-state index is 13.9. The summed E-state index contributed by atoms with van der Waals surface area (Å²) in [4.78, 5) is 17.1. The van der Waals surface area contributed by atoms with Crippen molar-refractivity contribution in [2.45, 2.75) is 32.4 Å². The van der Waals surface area contributed by atoms with Crippen molar-refractivity contribution in [3.8, 4) is 11.5 Å². The second-order valence-electron chi connectivity index (χ2n) is 8.30. The predicted molar refractivity (Wildman–Crippen MR) is 133 cm³/mol. The van der Waals surface area contributed by atoms with Gasteiger partial charge in [-0.2, -0.15) is 0 Å². The van der Waals surface area contributed by atoms with Crippen LogP contribution in [0.15, 0.2) is 47.3 Å². The van der Waals surface area contributed by atoms with Gasteiger partial charge in [-0.25, -0.2) is 32.7 Å². The second-order valence-corrected chi connectivity index (χ2v) is 9.64. The van der Waals surface area contributed by atoms with Crippen LogP contribution in [-0.4, -0.2) is 41.2 Å². The van der Waals surface area contributed by atoms with Gasteiger partial charge in [0.2, 0.25) is 0 Å². The van der Waals surface area contributed by atoms with E-state index in [0.717, 1.165) is 0 Å². The van der Waals surface area contributed by atoms with Gasteiger partial charge in [0.25, 0.3) is 6.43 Å². The number of fused-ring (bicyclic) bond motifs is 1. The van der Waals surface area contributed by atoms with Gasteiger partial charge in [-0.05, 0) is 59.6 Å². The molecule has 35 heavy (non-hydrogen) atoms. The van der Waals surface area contributed by atoms with E-state index < -0.39 is 17.7 Å². The quantitative estimate of drug-likeness (QED) is 0.225. The van der Waals surface area contributed by atoms with Crippen LogP contribution in [0, 0.1) is 0 Å². The third kappa shape index (κ3) is 6.10. The molecule has 0 aliphatic rings. The molecule has 0 aliphatic heterocycles. The molecule has 4 aromatic rings.